The molecule has 0 aliphatic carbocycles. The Morgan fingerprint density at radius 1 is 0.955 bits per heavy atom. The van der Waals surface area contributed by atoms with E-state index in [0.29, 0.717) is 19.6 Å². The second-order valence-electron chi connectivity index (χ2n) is 6.51. The molecule has 0 saturated carbocycles. The van der Waals surface area contributed by atoms with Crippen molar-refractivity contribution in [1.29, 1.82) is 0 Å². The lowest BCUT2D eigenvalue weighted by Gasteiger charge is -2.38. The van der Waals surface area contributed by atoms with Crippen LogP contribution in [0.15, 0.2) is 0 Å². The summed E-state index contributed by atoms with van der Waals surface area (Å²) in [7, 11) is 0. The van der Waals surface area contributed by atoms with Gasteiger partial charge in [0.25, 0.3) is 0 Å². The van der Waals surface area contributed by atoms with Crippen LogP contribution in [0.2, 0.25) is 0 Å². The summed E-state index contributed by atoms with van der Waals surface area (Å²) in [5.41, 5.74) is 0. The number of carbonyl (C=O) groups excluding carboxylic acids is 1. The molecule has 3 heterocycles. The van der Waals surface area contributed by atoms with Crippen molar-refractivity contribution in [2.24, 2.45) is 0 Å². The molecule has 0 bridgehead atoms. The van der Waals surface area contributed by atoms with Crippen LogP contribution in [0.5, 0.6) is 0 Å². The lowest BCUT2D eigenvalue weighted by Crippen LogP contribution is -2.49. The number of nitrogens with zero attached hydrogens (tertiary/aromatic N) is 3. The number of rotatable bonds is 4. The molecule has 0 aromatic rings. The van der Waals surface area contributed by atoms with Gasteiger partial charge in [0.2, 0.25) is 5.91 Å². The summed E-state index contributed by atoms with van der Waals surface area (Å²) in [5.74, 6) is -0.0986. The van der Waals surface area contributed by atoms with E-state index < -0.39 is 0 Å². The third kappa shape index (κ3) is 3.79. The topological polar surface area (TPSA) is 45.2 Å². The highest BCUT2D eigenvalue weighted by molar-refractivity contribution is 5.76. The van der Waals surface area contributed by atoms with Crippen molar-refractivity contribution in [3.63, 3.8) is 0 Å². The van der Waals surface area contributed by atoms with Crippen molar-refractivity contribution in [3.8, 4) is 0 Å². The maximum Gasteiger partial charge on any atom is 0.223 e. The Hall–Kier alpha value is -0.690. The minimum absolute atomic E-state index is 0.283. The van der Waals surface area contributed by atoms with Gasteiger partial charge in [-0.3, -0.25) is 4.79 Å². The summed E-state index contributed by atoms with van der Waals surface area (Å²) in [6, 6.07) is 0. The van der Waals surface area contributed by atoms with Crippen molar-refractivity contribution in [1.82, 2.24) is 14.7 Å². The minimum Gasteiger partial charge on any atom is -0.347 e. The van der Waals surface area contributed by atoms with Gasteiger partial charge in [0.05, 0.1) is 13.2 Å². The molecular weight excluding hydrogens is 282 g/mol. The number of ether oxygens (including phenoxy) is 2. The quantitative estimate of drug-likeness (QED) is 0.751. The standard InChI is InChI=1S/C16H29N3O3/c1-2-17-9-11-18(12-10-17)6-3-15(20)19-7-4-16(5-8-19)21-13-14-22-16/h2-14H2,1H3. The number of piperazine rings is 1. The fourth-order valence-electron chi connectivity index (χ4n) is 3.62. The number of likely N-dealkylation sites (N-methyl/N-ethyl adjacent to an activating group) is 1. The highest BCUT2D eigenvalue weighted by Gasteiger charge is 2.40. The van der Waals surface area contributed by atoms with Crippen LogP contribution in [-0.4, -0.2) is 92.0 Å². The van der Waals surface area contributed by atoms with Gasteiger partial charge in [0.1, 0.15) is 0 Å². The lowest BCUT2D eigenvalue weighted by molar-refractivity contribution is -0.187. The second kappa shape index (κ2) is 7.25. The van der Waals surface area contributed by atoms with Gasteiger partial charge in [-0.1, -0.05) is 6.92 Å². The summed E-state index contributed by atoms with van der Waals surface area (Å²) in [5, 5.41) is 0. The van der Waals surface area contributed by atoms with E-state index in [4.69, 9.17) is 9.47 Å². The number of likely N-dealkylation sites (tertiary alicyclic amines) is 1. The van der Waals surface area contributed by atoms with E-state index in [1.54, 1.807) is 0 Å². The minimum atomic E-state index is -0.382. The van der Waals surface area contributed by atoms with Crippen molar-refractivity contribution >= 4 is 5.91 Å². The Kier molecular flexibility index (Phi) is 5.33. The Bertz CT molecular complexity index is 367. The normalized spacial score (nSPS) is 26.7. The molecule has 0 N–H and O–H groups in total. The first-order valence-corrected chi connectivity index (χ1v) is 8.71. The molecule has 0 atom stereocenters. The molecule has 0 radical (unpaired) electrons. The van der Waals surface area contributed by atoms with E-state index in [9.17, 15) is 4.79 Å². The zero-order valence-corrected chi connectivity index (χ0v) is 13.8. The second-order valence-corrected chi connectivity index (χ2v) is 6.51. The van der Waals surface area contributed by atoms with Gasteiger partial charge < -0.3 is 24.2 Å². The third-order valence-corrected chi connectivity index (χ3v) is 5.25. The van der Waals surface area contributed by atoms with Crippen LogP contribution in [0.4, 0.5) is 0 Å². The number of hydrogen-bond acceptors (Lipinski definition) is 5. The average Bonchev–Trinajstić information content (AvgIpc) is 3.02. The first-order valence-electron chi connectivity index (χ1n) is 8.71. The fourth-order valence-corrected chi connectivity index (χ4v) is 3.62. The summed E-state index contributed by atoms with van der Waals surface area (Å²) in [6.45, 7) is 11.6. The average molecular weight is 311 g/mol. The van der Waals surface area contributed by atoms with E-state index in [1.165, 1.54) is 0 Å². The van der Waals surface area contributed by atoms with Crippen molar-refractivity contribution in [2.75, 3.05) is 65.6 Å². The summed E-state index contributed by atoms with van der Waals surface area (Å²) in [6.07, 6.45) is 2.27. The predicted molar refractivity (Wildman–Crippen MR) is 83.6 cm³/mol. The smallest absolute Gasteiger partial charge is 0.223 e. The van der Waals surface area contributed by atoms with E-state index in [1.807, 2.05) is 4.90 Å². The summed E-state index contributed by atoms with van der Waals surface area (Å²) < 4.78 is 11.4. The largest absolute Gasteiger partial charge is 0.347 e. The molecule has 1 spiro atoms. The van der Waals surface area contributed by atoms with Gasteiger partial charge >= 0.3 is 0 Å². The molecule has 0 aromatic heterocycles. The monoisotopic (exact) mass is 311 g/mol. The number of carbonyl (C=O) groups is 1. The van der Waals surface area contributed by atoms with Crippen LogP contribution >= 0.6 is 0 Å². The fraction of sp³-hybridized carbons (Fsp3) is 0.938. The summed E-state index contributed by atoms with van der Waals surface area (Å²) >= 11 is 0. The Morgan fingerprint density at radius 3 is 2.14 bits per heavy atom. The molecule has 3 aliphatic rings. The van der Waals surface area contributed by atoms with E-state index in [-0.39, 0.29) is 11.7 Å². The first-order chi connectivity index (χ1) is 10.7. The van der Waals surface area contributed by atoms with Gasteiger partial charge in [0.15, 0.2) is 5.79 Å². The Balaban J connectivity index is 1.36. The molecule has 3 saturated heterocycles. The van der Waals surface area contributed by atoms with Crippen LogP contribution in [0, 0.1) is 0 Å². The highest BCUT2D eigenvalue weighted by atomic mass is 16.7. The van der Waals surface area contributed by atoms with Crippen LogP contribution in [0.1, 0.15) is 26.2 Å². The Morgan fingerprint density at radius 2 is 1.55 bits per heavy atom. The van der Waals surface area contributed by atoms with Crippen molar-refractivity contribution in [2.45, 2.75) is 32.0 Å². The third-order valence-electron chi connectivity index (χ3n) is 5.25. The van der Waals surface area contributed by atoms with Gasteiger partial charge in [-0.05, 0) is 6.54 Å². The van der Waals surface area contributed by atoms with Crippen LogP contribution in [0.3, 0.4) is 0 Å². The molecule has 0 aromatic carbocycles. The van der Waals surface area contributed by atoms with Crippen LogP contribution < -0.4 is 0 Å². The van der Waals surface area contributed by atoms with Crippen molar-refractivity contribution < 1.29 is 14.3 Å². The van der Waals surface area contributed by atoms with Gasteiger partial charge in [0, 0.05) is 65.1 Å². The molecule has 3 rings (SSSR count). The molecular formula is C16H29N3O3. The van der Waals surface area contributed by atoms with E-state index >= 15 is 0 Å². The zero-order chi connectivity index (χ0) is 15.4. The highest BCUT2D eigenvalue weighted by Crippen LogP contribution is 2.31. The molecule has 3 fully saturated rings. The molecule has 126 valence electrons. The first kappa shape index (κ1) is 16.2. The zero-order valence-electron chi connectivity index (χ0n) is 13.8. The molecule has 0 unspecified atom stereocenters. The van der Waals surface area contributed by atoms with Gasteiger partial charge in [-0.15, -0.1) is 0 Å². The maximum atomic E-state index is 12.4. The molecule has 6 heteroatoms. The molecule has 3 aliphatic heterocycles. The number of piperidine rings is 1. The SMILES string of the molecule is CCN1CCN(CCC(=O)N2CCC3(CC2)OCCO3)CC1. The number of hydrogen-bond donors (Lipinski definition) is 0. The lowest BCUT2D eigenvalue weighted by atomic mass is 10.0. The molecule has 1 amide bonds. The molecule has 6 nitrogen and oxygen atoms in total. The Labute approximate surface area is 133 Å². The van der Waals surface area contributed by atoms with Gasteiger partial charge in [-0.25, -0.2) is 0 Å². The van der Waals surface area contributed by atoms with E-state index in [0.717, 1.165) is 65.2 Å². The number of amides is 1. The maximum absolute atomic E-state index is 12.4. The van der Waals surface area contributed by atoms with Crippen LogP contribution in [0.25, 0.3) is 0 Å². The summed E-state index contributed by atoms with van der Waals surface area (Å²) in [4.78, 5) is 19.2. The molecule has 22 heavy (non-hydrogen) atoms. The predicted octanol–water partition coefficient (Wildman–Crippen LogP) is 0.380. The van der Waals surface area contributed by atoms with Crippen molar-refractivity contribution in [3.05, 3.63) is 0 Å². The van der Waals surface area contributed by atoms with Gasteiger partial charge in [-0.2, -0.15) is 0 Å². The van der Waals surface area contributed by atoms with E-state index in [2.05, 4.69) is 16.7 Å². The van der Waals surface area contributed by atoms with Crippen LogP contribution in [-0.2, 0) is 14.3 Å².